The first-order valence-electron chi connectivity index (χ1n) is 10.6. The first-order chi connectivity index (χ1) is 16.0. The van der Waals surface area contributed by atoms with Gasteiger partial charge in [0.15, 0.2) is 11.5 Å². The highest BCUT2D eigenvalue weighted by atomic mass is 16.5. The van der Waals surface area contributed by atoms with E-state index >= 15 is 0 Å². The zero-order chi connectivity index (χ0) is 23.5. The van der Waals surface area contributed by atoms with Gasteiger partial charge in [-0.1, -0.05) is 12.1 Å². The Balaban J connectivity index is 2.02. The molecular weight excluding hydrogens is 418 g/mol. The minimum absolute atomic E-state index is 0.148. The largest absolute Gasteiger partial charge is 0.497 e. The van der Waals surface area contributed by atoms with E-state index < -0.39 is 0 Å². The summed E-state index contributed by atoms with van der Waals surface area (Å²) in [5.74, 6) is 3.46. The maximum Gasteiger partial charge on any atom is 0.164 e. The van der Waals surface area contributed by atoms with Gasteiger partial charge in [-0.25, -0.2) is 0 Å². The van der Waals surface area contributed by atoms with E-state index in [1.54, 1.807) is 35.5 Å². The second-order valence-electron chi connectivity index (χ2n) is 7.77. The van der Waals surface area contributed by atoms with Gasteiger partial charge in [0.2, 0.25) is 0 Å². The number of benzene rings is 3. The van der Waals surface area contributed by atoms with Crippen LogP contribution in [0.25, 0.3) is 10.9 Å². The van der Waals surface area contributed by atoms with Crippen molar-refractivity contribution < 1.29 is 23.7 Å². The van der Waals surface area contributed by atoms with Crippen LogP contribution in [0, 0.1) is 6.92 Å². The van der Waals surface area contributed by atoms with Gasteiger partial charge >= 0.3 is 0 Å². The Bertz CT molecular complexity index is 1280. The lowest BCUT2D eigenvalue weighted by Gasteiger charge is -2.23. The van der Waals surface area contributed by atoms with Crippen molar-refractivity contribution in [3.8, 4) is 28.7 Å². The molecule has 0 aliphatic carbocycles. The maximum atomic E-state index is 5.82. The van der Waals surface area contributed by atoms with Gasteiger partial charge in [-0.05, 0) is 53.9 Å². The third-order valence-electron chi connectivity index (χ3n) is 6.03. The fraction of sp³-hybridized carbons (Fsp3) is 0.259. The quantitative estimate of drug-likeness (QED) is 0.375. The van der Waals surface area contributed by atoms with Crippen LogP contribution in [0.1, 0.15) is 28.2 Å². The van der Waals surface area contributed by atoms with Gasteiger partial charge in [0, 0.05) is 34.6 Å². The van der Waals surface area contributed by atoms with E-state index in [0.29, 0.717) is 17.2 Å². The van der Waals surface area contributed by atoms with Crippen LogP contribution in [0.15, 0.2) is 54.7 Å². The monoisotopic (exact) mass is 447 g/mol. The molecule has 1 aromatic heterocycles. The van der Waals surface area contributed by atoms with Gasteiger partial charge in [0.1, 0.15) is 17.2 Å². The molecule has 4 rings (SSSR count). The first kappa shape index (κ1) is 22.4. The molecular formula is C27H29NO5. The summed E-state index contributed by atoms with van der Waals surface area (Å²) >= 11 is 0. The molecule has 0 spiro atoms. The van der Waals surface area contributed by atoms with E-state index in [1.165, 1.54) is 0 Å². The van der Waals surface area contributed by atoms with Gasteiger partial charge in [0.05, 0.1) is 35.5 Å². The maximum absolute atomic E-state index is 5.82. The third kappa shape index (κ3) is 4.04. The zero-order valence-corrected chi connectivity index (χ0v) is 19.8. The Hall–Kier alpha value is -3.80. The average molecular weight is 448 g/mol. The predicted octanol–water partition coefficient (Wildman–Crippen LogP) is 5.70. The van der Waals surface area contributed by atoms with Crippen LogP contribution in [0.5, 0.6) is 28.7 Å². The van der Waals surface area contributed by atoms with Gasteiger partial charge in [0.25, 0.3) is 0 Å². The lowest BCUT2D eigenvalue weighted by atomic mass is 9.83. The van der Waals surface area contributed by atoms with Crippen LogP contribution >= 0.6 is 0 Å². The lowest BCUT2D eigenvalue weighted by Crippen LogP contribution is -2.07. The minimum atomic E-state index is -0.148. The van der Waals surface area contributed by atoms with Crippen LogP contribution in [0.2, 0.25) is 0 Å². The molecule has 4 aromatic rings. The molecule has 0 saturated heterocycles. The smallest absolute Gasteiger partial charge is 0.164 e. The predicted molar refractivity (Wildman–Crippen MR) is 130 cm³/mol. The molecule has 1 heterocycles. The number of hydrogen-bond donors (Lipinski definition) is 1. The Labute approximate surface area is 194 Å². The summed E-state index contributed by atoms with van der Waals surface area (Å²) in [6, 6.07) is 16.1. The molecule has 0 saturated carbocycles. The molecule has 0 radical (unpaired) electrons. The molecule has 6 nitrogen and oxygen atoms in total. The van der Waals surface area contributed by atoms with Crippen LogP contribution in [-0.2, 0) is 0 Å². The van der Waals surface area contributed by atoms with Crippen molar-refractivity contribution in [2.24, 2.45) is 0 Å². The van der Waals surface area contributed by atoms with Crippen molar-refractivity contribution in [3.63, 3.8) is 0 Å². The van der Waals surface area contributed by atoms with Gasteiger partial charge in [-0.3, -0.25) is 0 Å². The SMILES string of the molecule is COc1ccc2[nH]cc(C(c3ccc(OC)c(C)c3)c3cc(OC)c(OC)cc3OC)c2c1. The van der Waals surface area contributed by atoms with E-state index in [-0.39, 0.29) is 5.92 Å². The Morgan fingerprint density at radius 2 is 1.33 bits per heavy atom. The van der Waals surface area contributed by atoms with Crippen molar-refractivity contribution in [2.45, 2.75) is 12.8 Å². The van der Waals surface area contributed by atoms with Crippen molar-refractivity contribution in [3.05, 3.63) is 77.0 Å². The van der Waals surface area contributed by atoms with Gasteiger partial charge < -0.3 is 28.7 Å². The zero-order valence-electron chi connectivity index (χ0n) is 19.8. The summed E-state index contributed by atoms with van der Waals surface area (Å²) in [5, 5.41) is 1.07. The number of methoxy groups -OCH3 is 5. The molecule has 6 heteroatoms. The lowest BCUT2D eigenvalue weighted by molar-refractivity contribution is 0.347. The summed E-state index contributed by atoms with van der Waals surface area (Å²) in [4.78, 5) is 3.41. The van der Waals surface area contributed by atoms with Crippen LogP contribution in [0.4, 0.5) is 0 Å². The number of ether oxygens (including phenoxy) is 5. The summed E-state index contributed by atoms with van der Waals surface area (Å²) in [7, 11) is 8.28. The molecule has 0 bridgehead atoms. The highest BCUT2D eigenvalue weighted by Crippen LogP contribution is 2.45. The van der Waals surface area contributed by atoms with E-state index in [4.69, 9.17) is 23.7 Å². The van der Waals surface area contributed by atoms with E-state index in [2.05, 4.69) is 23.2 Å². The normalized spacial score (nSPS) is 11.8. The van der Waals surface area contributed by atoms with Crippen molar-refractivity contribution in [1.82, 2.24) is 4.98 Å². The Morgan fingerprint density at radius 3 is 1.97 bits per heavy atom. The molecule has 1 unspecified atom stereocenters. The molecule has 0 aliphatic heterocycles. The van der Waals surface area contributed by atoms with Crippen LogP contribution in [0.3, 0.4) is 0 Å². The fourth-order valence-electron chi connectivity index (χ4n) is 4.37. The summed E-state index contributed by atoms with van der Waals surface area (Å²) in [6.07, 6.45) is 2.05. The number of rotatable bonds is 8. The second kappa shape index (κ2) is 9.36. The molecule has 0 aliphatic rings. The second-order valence-corrected chi connectivity index (χ2v) is 7.77. The van der Waals surface area contributed by atoms with E-state index in [1.807, 2.05) is 43.5 Å². The number of aromatic amines is 1. The first-order valence-corrected chi connectivity index (χ1v) is 10.6. The molecule has 1 N–H and O–H groups in total. The standard InChI is InChI=1S/C27H29NO5/c1-16-11-17(7-10-23(16)30-3)27(20-13-25(32-5)26(33-6)14-24(20)31-4)21-15-28-22-9-8-18(29-2)12-19(21)22/h7-15,27-28H,1-6H3. The molecule has 33 heavy (non-hydrogen) atoms. The summed E-state index contributed by atoms with van der Waals surface area (Å²) in [5.41, 5.74) is 5.24. The number of aryl methyl sites for hydroxylation is 1. The van der Waals surface area contributed by atoms with E-state index in [0.717, 1.165) is 44.7 Å². The molecule has 0 fully saturated rings. The molecule has 1 atom stereocenters. The highest BCUT2D eigenvalue weighted by molar-refractivity contribution is 5.86. The van der Waals surface area contributed by atoms with Crippen molar-refractivity contribution in [2.75, 3.05) is 35.5 Å². The molecule has 3 aromatic carbocycles. The van der Waals surface area contributed by atoms with Crippen molar-refractivity contribution >= 4 is 10.9 Å². The Morgan fingerprint density at radius 1 is 0.636 bits per heavy atom. The number of hydrogen-bond acceptors (Lipinski definition) is 5. The fourth-order valence-corrected chi connectivity index (χ4v) is 4.37. The Kier molecular flexibility index (Phi) is 6.36. The van der Waals surface area contributed by atoms with Crippen molar-refractivity contribution in [1.29, 1.82) is 0 Å². The number of aromatic nitrogens is 1. The third-order valence-corrected chi connectivity index (χ3v) is 6.03. The average Bonchev–Trinajstić information content (AvgIpc) is 3.26. The number of H-pyrrole nitrogens is 1. The van der Waals surface area contributed by atoms with Crippen LogP contribution < -0.4 is 23.7 Å². The summed E-state index contributed by atoms with van der Waals surface area (Å²) in [6.45, 7) is 2.05. The van der Waals surface area contributed by atoms with Gasteiger partial charge in [-0.2, -0.15) is 0 Å². The molecule has 0 amide bonds. The minimum Gasteiger partial charge on any atom is -0.497 e. The van der Waals surface area contributed by atoms with Crippen LogP contribution in [-0.4, -0.2) is 40.5 Å². The van der Waals surface area contributed by atoms with Gasteiger partial charge in [-0.15, -0.1) is 0 Å². The summed E-state index contributed by atoms with van der Waals surface area (Å²) < 4.78 is 28.0. The number of fused-ring (bicyclic) bond motifs is 1. The topological polar surface area (TPSA) is 61.9 Å². The highest BCUT2D eigenvalue weighted by Gasteiger charge is 2.26. The van der Waals surface area contributed by atoms with E-state index in [9.17, 15) is 0 Å². The molecule has 172 valence electrons. The number of nitrogens with one attached hydrogen (secondary N) is 1.